The summed E-state index contributed by atoms with van der Waals surface area (Å²) in [4.78, 5) is 22.1. The number of imidazole rings is 1. The number of nitrogens with zero attached hydrogens (tertiary/aromatic N) is 4. The molecule has 0 bridgehead atoms. The second-order valence-electron chi connectivity index (χ2n) is 7.90. The van der Waals surface area contributed by atoms with E-state index in [1.54, 1.807) is 9.13 Å². The number of ether oxygens (including phenoxy) is 1. The van der Waals surface area contributed by atoms with E-state index in [-0.39, 0.29) is 23.6 Å². The van der Waals surface area contributed by atoms with Crippen LogP contribution >= 0.6 is 0 Å². The van der Waals surface area contributed by atoms with Gasteiger partial charge in [0.25, 0.3) is 0 Å². The summed E-state index contributed by atoms with van der Waals surface area (Å²) in [5.74, 6) is 1.70. The number of anilines is 1. The Balaban J connectivity index is 1.57. The van der Waals surface area contributed by atoms with E-state index in [2.05, 4.69) is 9.97 Å². The molecule has 8 heteroatoms. The van der Waals surface area contributed by atoms with Crippen molar-refractivity contribution in [2.45, 2.75) is 37.8 Å². The Hall–Kier alpha value is -3.65. The number of fused-ring (bicyclic) bond motifs is 1. The fraction of sp³-hybridized carbons (Fsp3) is 0.261. The predicted octanol–water partition coefficient (Wildman–Crippen LogP) is 3.40. The summed E-state index contributed by atoms with van der Waals surface area (Å²) in [6.07, 6.45) is 4.86. The molecular weight excluding hydrogens is 392 g/mol. The molecular formula is C23H24N6O2. The SMILES string of the molecule is Nc1ncnc2c1n(-c1ccc(Oc3ccccc3)cc1)c(=O)n2[C@H]1CC[C@H](N)CC1. The first-order chi connectivity index (χ1) is 15.1. The Kier molecular flexibility index (Phi) is 4.91. The Morgan fingerprint density at radius 1 is 0.903 bits per heavy atom. The van der Waals surface area contributed by atoms with Crippen molar-refractivity contribution in [2.75, 3.05) is 5.73 Å². The summed E-state index contributed by atoms with van der Waals surface area (Å²) in [7, 11) is 0. The molecule has 0 aliphatic heterocycles. The summed E-state index contributed by atoms with van der Waals surface area (Å²) in [6, 6.07) is 17.1. The van der Waals surface area contributed by atoms with E-state index in [0.29, 0.717) is 22.6 Å². The van der Waals surface area contributed by atoms with E-state index in [4.69, 9.17) is 16.2 Å². The van der Waals surface area contributed by atoms with E-state index in [9.17, 15) is 4.79 Å². The molecule has 31 heavy (non-hydrogen) atoms. The molecule has 8 nitrogen and oxygen atoms in total. The minimum Gasteiger partial charge on any atom is -0.457 e. The van der Waals surface area contributed by atoms with Crippen molar-refractivity contribution in [2.24, 2.45) is 5.73 Å². The minimum atomic E-state index is -0.167. The number of para-hydroxylation sites is 1. The average molecular weight is 416 g/mol. The number of nitrogens with two attached hydrogens (primary N) is 2. The number of nitrogen functional groups attached to an aromatic ring is 1. The lowest BCUT2D eigenvalue weighted by atomic mass is 9.92. The van der Waals surface area contributed by atoms with E-state index < -0.39 is 0 Å². The standard InChI is InChI=1S/C23H24N6O2/c24-15-6-8-17(9-7-15)29-22-20(21(25)26-14-27-22)28(23(29)30)16-10-12-19(13-11-16)31-18-4-2-1-3-5-18/h1-5,10-15,17H,6-9,24H2,(H2,25,26,27)/t15-,17-. The van der Waals surface area contributed by atoms with Gasteiger partial charge in [-0.2, -0.15) is 0 Å². The average Bonchev–Trinajstić information content (AvgIpc) is 3.09. The smallest absolute Gasteiger partial charge is 0.335 e. The molecule has 2 aromatic heterocycles. The largest absolute Gasteiger partial charge is 0.457 e. The fourth-order valence-electron chi connectivity index (χ4n) is 4.28. The molecule has 0 spiro atoms. The summed E-state index contributed by atoms with van der Waals surface area (Å²) in [6.45, 7) is 0. The minimum absolute atomic E-state index is 0.0473. The van der Waals surface area contributed by atoms with Gasteiger partial charge in [-0.05, 0) is 62.1 Å². The molecule has 5 rings (SSSR count). The second-order valence-corrected chi connectivity index (χ2v) is 7.90. The quantitative estimate of drug-likeness (QED) is 0.527. The van der Waals surface area contributed by atoms with Gasteiger partial charge in [0, 0.05) is 12.1 Å². The van der Waals surface area contributed by atoms with Gasteiger partial charge in [-0.15, -0.1) is 0 Å². The topological polar surface area (TPSA) is 114 Å². The van der Waals surface area contributed by atoms with E-state index in [1.807, 2.05) is 54.6 Å². The zero-order valence-corrected chi connectivity index (χ0v) is 17.0. The molecule has 1 aliphatic rings. The van der Waals surface area contributed by atoms with Crippen molar-refractivity contribution in [1.29, 1.82) is 0 Å². The lowest BCUT2D eigenvalue weighted by Gasteiger charge is -2.26. The summed E-state index contributed by atoms with van der Waals surface area (Å²) >= 11 is 0. The zero-order valence-electron chi connectivity index (χ0n) is 17.0. The van der Waals surface area contributed by atoms with Crippen molar-refractivity contribution in [3.63, 3.8) is 0 Å². The maximum Gasteiger partial charge on any atom is 0.335 e. The van der Waals surface area contributed by atoms with Crippen LogP contribution in [0.3, 0.4) is 0 Å². The summed E-state index contributed by atoms with van der Waals surface area (Å²) in [5.41, 5.74) is 13.9. The Morgan fingerprint density at radius 3 is 2.29 bits per heavy atom. The van der Waals surface area contributed by atoms with Crippen LogP contribution in [0.4, 0.5) is 5.82 Å². The van der Waals surface area contributed by atoms with Gasteiger partial charge >= 0.3 is 5.69 Å². The van der Waals surface area contributed by atoms with Gasteiger partial charge in [0.2, 0.25) is 0 Å². The molecule has 0 unspecified atom stereocenters. The maximum atomic E-state index is 13.5. The first-order valence-corrected chi connectivity index (χ1v) is 10.4. The normalized spacial score (nSPS) is 18.9. The van der Waals surface area contributed by atoms with E-state index >= 15 is 0 Å². The Bertz CT molecular complexity index is 1260. The molecule has 4 aromatic rings. The first kappa shape index (κ1) is 19.3. The molecule has 2 aromatic carbocycles. The molecule has 1 saturated carbocycles. The van der Waals surface area contributed by atoms with Gasteiger partial charge in [0.05, 0.1) is 5.69 Å². The number of benzene rings is 2. The summed E-state index contributed by atoms with van der Waals surface area (Å²) < 4.78 is 9.21. The number of hydrogen-bond donors (Lipinski definition) is 2. The van der Waals surface area contributed by atoms with Gasteiger partial charge in [0.1, 0.15) is 23.3 Å². The molecule has 0 amide bonds. The van der Waals surface area contributed by atoms with Gasteiger partial charge in [-0.25, -0.2) is 14.8 Å². The van der Waals surface area contributed by atoms with Crippen molar-refractivity contribution < 1.29 is 4.74 Å². The molecule has 1 aliphatic carbocycles. The van der Waals surface area contributed by atoms with Gasteiger partial charge in [-0.3, -0.25) is 9.13 Å². The molecule has 1 fully saturated rings. The monoisotopic (exact) mass is 416 g/mol. The molecule has 0 atom stereocenters. The Labute approximate surface area is 179 Å². The van der Waals surface area contributed by atoms with Crippen LogP contribution in [0.2, 0.25) is 0 Å². The van der Waals surface area contributed by atoms with Crippen molar-refractivity contribution >= 4 is 17.0 Å². The lowest BCUT2D eigenvalue weighted by Crippen LogP contribution is -2.33. The van der Waals surface area contributed by atoms with Crippen molar-refractivity contribution in [1.82, 2.24) is 19.1 Å². The van der Waals surface area contributed by atoms with Crippen LogP contribution in [0.1, 0.15) is 31.7 Å². The molecule has 0 radical (unpaired) electrons. The van der Waals surface area contributed by atoms with Crippen LogP contribution in [0, 0.1) is 0 Å². The van der Waals surface area contributed by atoms with Crippen LogP contribution in [0.15, 0.2) is 65.7 Å². The molecule has 158 valence electrons. The third-order valence-corrected chi connectivity index (χ3v) is 5.86. The lowest BCUT2D eigenvalue weighted by molar-refractivity contribution is 0.322. The Morgan fingerprint density at radius 2 is 1.58 bits per heavy atom. The highest BCUT2D eigenvalue weighted by Crippen LogP contribution is 2.31. The van der Waals surface area contributed by atoms with Crippen molar-refractivity contribution in [3.8, 4) is 17.2 Å². The molecule has 4 N–H and O–H groups in total. The number of rotatable bonds is 4. The van der Waals surface area contributed by atoms with Gasteiger partial charge in [-0.1, -0.05) is 18.2 Å². The van der Waals surface area contributed by atoms with E-state index in [1.165, 1.54) is 6.33 Å². The third kappa shape index (κ3) is 3.55. The van der Waals surface area contributed by atoms with E-state index in [0.717, 1.165) is 31.4 Å². The van der Waals surface area contributed by atoms with Crippen LogP contribution in [0.25, 0.3) is 16.9 Å². The summed E-state index contributed by atoms with van der Waals surface area (Å²) in [5, 5.41) is 0. The highest BCUT2D eigenvalue weighted by atomic mass is 16.5. The fourth-order valence-corrected chi connectivity index (χ4v) is 4.28. The third-order valence-electron chi connectivity index (χ3n) is 5.86. The van der Waals surface area contributed by atoms with Crippen LogP contribution in [-0.4, -0.2) is 25.1 Å². The first-order valence-electron chi connectivity index (χ1n) is 10.4. The highest BCUT2D eigenvalue weighted by molar-refractivity contribution is 5.84. The van der Waals surface area contributed by atoms with Crippen molar-refractivity contribution in [3.05, 3.63) is 71.4 Å². The van der Waals surface area contributed by atoms with Crippen LogP contribution in [-0.2, 0) is 0 Å². The van der Waals surface area contributed by atoms with Crippen LogP contribution < -0.4 is 21.9 Å². The maximum absolute atomic E-state index is 13.5. The van der Waals surface area contributed by atoms with Gasteiger partial charge in [0.15, 0.2) is 11.5 Å². The van der Waals surface area contributed by atoms with Crippen LogP contribution in [0.5, 0.6) is 11.5 Å². The van der Waals surface area contributed by atoms with Gasteiger partial charge < -0.3 is 16.2 Å². The molecule has 0 saturated heterocycles. The molecule has 2 heterocycles. The second kappa shape index (κ2) is 7.88. The predicted molar refractivity (Wildman–Crippen MR) is 120 cm³/mol. The zero-order chi connectivity index (χ0) is 21.4. The highest BCUT2D eigenvalue weighted by Gasteiger charge is 2.27. The number of aromatic nitrogens is 4. The number of hydrogen-bond acceptors (Lipinski definition) is 6.